The van der Waals surface area contributed by atoms with Crippen LogP contribution in [0.25, 0.3) is 32.3 Å². The van der Waals surface area contributed by atoms with Gasteiger partial charge < -0.3 is 15.3 Å². The molecule has 8 rings (SSSR count). The molecule has 0 saturated heterocycles. The van der Waals surface area contributed by atoms with Crippen LogP contribution in [0.4, 0.5) is 0 Å². The summed E-state index contributed by atoms with van der Waals surface area (Å²) in [5, 5.41) is 28.9. The highest BCUT2D eigenvalue weighted by Crippen LogP contribution is 2.13. The fourth-order valence-corrected chi connectivity index (χ4v) is 5.42. The third-order valence-corrected chi connectivity index (χ3v) is 8.66. The van der Waals surface area contributed by atoms with Gasteiger partial charge in [0.1, 0.15) is 0 Å². The predicted octanol–water partition coefficient (Wildman–Crippen LogP) is 13.0. The van der Waals surface area contributed by atoms with Crippen molar-refractivity contribution >= 4 is 32.3 Å². The molecule has 0 amide bonds. The van der Waals surface area contributed by atoms with E-state index in [1.807, 2.05) is 0 Å². The van der Waals surface area contributed by atoms with Crippen molar-refractivity contribution in [2.24, 2.45) is 0 Å². The normalized spacial score (nSPS) is 9.18. The number of hydrogen-bond donors (Lipinski definition) is 3. The SMILES string of the molecule is CCc1ccc(CC)cc1.CCc1ccc(CC)cc1.CO.CO.CO.c1ccc2ccccc2c1.c1ccc2ccccc2c1.c1ccc2ccccc2c1. The Morgan fingerprint density at radius 1 is 0.214 bits per heavy atom. The topological polar surface area (TPSA) is 60.7 Å². The third-order valence-electron chi connectivity index (χ3n) is 8.66. The summed E-state index contributed by atoms with van der Waals surface area (Å²) >= 11 is 0. The van der Waals surface area contributed by atoms with Gasteiger partial charge in [-0.1, -0.05) is 222 Å². The summed E-state index contributed by atoms with van der Waals surface area (Å²) in [5.41, 5.74) is 5.71. The Morgan fingerprint density at radius 3 is 0.411 bits per heavy atom. The number of aryl methyl sites for hydroxylation is 4. The number of hydrogen-bond acceptors (Lipinski definition) is 3. The second kappa shape index (κ2) is 31.7. The number of rotatable bonds is 4. The van der Waals surface area contributed by atoms with Gasteiger partial charge in [-0.05, 0) is 80.3 Å². The van der Waals surface area contributed by atoms with Gasteiger partial charge in [0.25, 0.3) is 0 Å². The first-order valence-corrected chi connectivity index (χ1v) is 19.4. The van der Waals surface area contributed by atoms with E-state index in [0.29, 0.717) is 0 Å². The van der Waals surface area contributed by atoms with Crippen LogP contribution >= 0.6 is 0 Å². The van der Waals surface area contributed by atoms with Crippen molar-refractivity contribution in [1.82, 2.24) is 0 Å². The molecule has 0 radical (unpaired) electrons. The van der Waals surface area contributed by atoms with Crippen LogP contribution in [0.1, 0.15) is 49.9 Å². The number of fused-ring (bicyclic) bond motifs is 3. The first-order valence-electron chi connectivity index (χ1n) is 19.4. The van der Waals surface area contributed by atoms with Gasteiger partial charge in [0.2, 0.25) is 0 Å². The van der Waals surface area contributed by atoms with E-state index in [1.54, 1.807) is 0 Å². The Balaban J connectivity index is 0.000000338. The van der Waals surface area contributed by atoms with Crippen LogP contribution in [-0.2, 0) is 25.7 Å². The minimum atomic E-state index is 1.00. The fraction of sp³-hybridized carbons (Fsp3) is 0.208. The molecule has 8 aromatic carbocycles. The highest BCUT2D eigenvalue weighted by molar-refractivity contribution is 5.83. The molecule has 0 aliphatic carbocycles. The minimum Gasteiger partial charge on any atom is -0.400 e. The zero-order chi connectivity index (χ0) is 41.2. The maximum atomic E-state index is 7.00. The van der Waals surface area contributed by atoms with Gasteiger partial charge >= 0.3 is 0 Å². The van der Waals surface area contributed by atoms with Gasteiger partial charge in [-0.15, -0.1) is 0 Å². The number of aliphatic hydroxyl groups excluding tert-OH is 3. The van der Waals surface area contributed by atoms with E-state index < -0.39 is 0 Å². The minimum absolute atomic E-state index is 1.00. The molecule has 3 N–H and O–H groups in total. The molecule has 0 atom stereocenters. The summed E-state index contributed by atoms with van der Waals surface area (Å²) in [7, 11) is 3.00. The van der Waals surface area contributed by atoms with Gasteiger partial charge in [0, 0.05) is 21.3 Å². The first-order chi connectivity index (χ1) is 27.6. The molecule has 0 bridgehead atoms. The van der Waals surface area contributed by atoms with Gasteiger partial charge in [0.15, 0.2) is 0 Å². The Bertz CT molecular complexity index is 1640. The molecule has 0 spiro atoms. The van der Waals surface area contributed by atoms with Crippen LogP contribution < -0.4 is 0 Å². The molecule has 0 aliphatic rings. The Morgan fingerprint density at radius 2 is 0.321 bits per heavy atom. The van der Waals surface area contributed by atoms with Crippen LogP contribution in [-0.4, -0.2) is 36.6 Å². The van der Waals surface area contributed by atoms with E-state index >= 15 is 0 Å². The van der Waals surface area contributed by atoms with Crippen LogP contribution in [0, 0.1) is 0 Å². The number of aliphatic hydroxyl groups is 3. The molecule has 3 nitrogen and oxygen atoms in total. The van der Waals surface area contributed by atoms with Gasteiger partial charge in [0.05, 0.1) is 0 Å². The lowest BCUT2D eigenvalue weighted by Crippen LogP contribution is -1.81. The highest BCUT2D eigenvalue weighted by atomic mass is 16.2. The van der Waals surface area contributed by atoms with Crippen LogP contribution in [0.15, 0.2) is 194 Å². The van der Waals surface area contributed by atoms with Gasteiger partial charge in [-0.25, -0.2) is 0 Å². The molecule has 294 valence electrons. The summed E-state index contributed by atoms with van der Waals surface area (Å²) in [6.07, 6.45) is 4.57. The molecule has 56 heavy (non-hydrogen) atoms. The van der Waals surface area contributed by atoms with Gasteiger partial charge in [-0.3, -0.25) is 0 Å². The van der Waals surface area contributed by atoms with Crippen molar-refractivity contribution in [1.29, 1.82) is 0 Å². The Labute approximate surface area is 337 Å². The molecular formula is C53H64O3. The van der Waals surface area contributed by atoms with Gasteiger partial charge in [-0.2, -0.15) is 0 Å². The summed E-state index contributed by atoms with van der Waals surface area (Å²) < 4.78 is 0. The monoisotopic (exact) mass is 748 g/mol. The summed E-state index contributed by atoms with van der Waals surface area (Å²) in [4.78, 5) is 0. The molecule has 3 heteroatoms. The Hall–Kier alpha value is -5.58. The van der Waals surface area contributed by atoms with Crippen molar-refractivity contribution in [3.63, 3.8) is 0 Å². The maximum Gasteiger partial charge on any atom is 0.0319 e. The second-order valence-corrected chi connectivity index (χ2v) is 12.1. The summed E-state index contributed by atoms with van der Waals surface area (Å²) in [6, 6.07) is 67.8. The lowest BCUT2D eigenvalue weighted by atomic mass is 10.1. The average molecular weight is 749 g/mol. The first kappa shape index (κ1) is 48.4. The third kappa shape index (κ3) is 18.6. The quantitative estimate of drug-likeness (QED) is 0.168. The molecule has 0 unspecified atom stereocenters. The van der Waals surface area contributed by atoms with Crippen molar-refractivity contribution in [3.8, 4) is 0 Å². The molecule has 0 aromatic heterocycles. The molecular weight excluding hydrogens is 685 g/mol. The van der Waals surface area contributed by atoms with E-state index in [4.69, 9.17) is 15.3 Å². The lowest BCUT2D eigenvalue weighted by Gasteiger charge is -1.97. The molecule has 0 heterocycles. The van der Waals surface area contributed by atoms with Crippen molar-refractivity contribution in [3.05, 3.63) is 216 Å². The van der Waals surface area contributed by atoms with E-state index in [2.05, 4.69) is 222 Å². The van der Waals surface area contributed by atoms with E-state index in [1.165, 1.54) is 54.6 Å². The fourth-order valence-electron chi connectivity index (χ4n) is 5.42. The summed E-state index contributed by atoms with van der Waals surface area (Å²) in [5.74, 6) is 0. The lowest BCUT2D eigenvalue weighted by molar-refractivity contribution is 0.399. The molecule has 0 fully saturated rings. The summed E-state index contributed by atoms with van der Waals surface area (Å²) in [6.45, 7) is 8.73. The van der Waals surface area contributed by atoms with Crippen LogP contribution in [0.2, 0.25) is 0 Å². The second-order valence-electron chi connectivity index (χ2n) is 12.1. The zero-order valence-corrected chi connectivity index (χ0v) is 34.6. The Kier molecular flexibility index (Phi) is 27.5. The molecule has 0 saturated carbocycles. The van der Waals surface area contributed by atoms with Crippen molar-refractivity contribution in [2.75, 3.05) is 21.3 Å². The maximum absolute atomic E-state index is 7.00. The zero-order valence-electron chi connectivity index (χ0n) is 34.6. The number of benzene rings is 8. The highest BCUT2D eigenvalue weighted by Gasteiger charge is 1.90. The van der Waals surface area contributed by atoms with Crippen LogP contribution in [0.3, 0.4) is 0 Å². The molecule has 8 aromatic rings. The molecule has 0 aliphatic heterocycles. The standard InChI is InChI=1S/3C10H8.2C10H14.3CH4O/c3*1-2-6-10-8-4-3-7-9(10)5-1;2*1-3-9-5-7-10(4-2)8-6-9;3*1-2/h3*1-8H;2*5-8H,3-4H2,1-2H3;3*2H,1H3. The smallest absolute Gasteiger partial charge is 0.0319 e. The van der Waals surface area contributed by atoms with Crippen molar-refractivity contribution in [2.45, 2.75) is 53.4 Å². The van der Waals surface area contributed by atoms with E-state index in [-0.39, 0.29) is 0 Å². The predicted molar refractivity (Wildman–Crippen MR) is 247 cm³/mol. The largest absolute Gasteiger partial charge is 0.400 e. The average Bonchev–Trinajstić information content (AvgIpc) is 3.32. The van der Waals surface area contributed by atoms with Crippen molar-refractivity contribution < 1.29 is 15.3 Å². The van der Waals surface area contributed by atoms with Crippen LogP contribution in [0.5, 0.6) is 0 Å². The van der Waals surface area contributed by atoms with E-state index in [9.17, 15) is 0 Å². The van der Waals surface area contributed by atoms with E-state index in [0.717, 1.165) is 47.0 Å².